The second kappa shape index (κ2) is 8.50. The molecule has 2 heterocycles. The van der Waals surface area contributed by atoms with Gasteiger partial charge >= 0.3 is 0 Å². The summed E-state index contributed by atoms with van der Waals surface area (Å²) in [4.78, 5) is 25.1. The first-order chi connectivity index (χ1) is 15.1. The van der Waals surface area contributed by atoms with Crippen molar-refractivity contribution in [1.82, 2.24) is 4.31 Å². The minimum atomic E-state index is -3.68. The third-order valence-corrected chi connectivity index (χ3v) is 7.09. The first-order valence-electron chi connectivity index (χ1n) is 10.2. The lowest BCUT2D eigenvalue weighted by Crippen LogP contribution is -2.48. The van der Waals surface area contributed by atoms with E-state index in [-0.39, 0.29) is 41.4 Å². The van der Waals surface area contributed by atoms with Gasteiger partial charge in [0.15, 0.2) is 11.2 Å². The normalized spacial score (nSPS) is 19.7. The number of ether oxygens (including phenoxy) is 1. The molecule has 0 aliphatic carbocycles. The Kier molecular flexibility index (Phi) is 5.89. The smallest absolute Gasteiger partial charge is 0.291 e. The molecule has 9 heteroatoms. The number of carbonyl (C=O) groups excluding carboxylic acids is 1. The molecule has 0 bridgehead atoms. The van der Waals surface area contributed by atoms with Crippen LogP contribution in [0, 0.1) is 6.92 Å². The van der Waals surface area contributed by atoms with E-state index in [2.05, 4.69) is 5.32 Å². The van der Waals surface area contributed by atoms with Crippen LogP contribution in [0.25, 0.3) is 11.0 Å². The summed E-state index contributed by atoms with van der Waals surface area (Å²) in [6.07, 6.45) is -0.375. The van der Waals surface area contributed by atoms with Crippen LogP contribution in [-0.2, 0) is 14.8 Å². The van der Waals surface area contributed by atoms with Crippen molar-refractivity contribution < 1.29 is 22.4 Å². The van der Waals surface area contributed by atoms with Crippen molar-refractivity contribution in [3.63, 3.8) is 0 Å². The number of hydrogen-bond donors (Lipinski definition) is 1. The molecule has 3 aromatic rings. The van der Waals surface area contributed by atoms with E-state index in [0.717, 1.165) is 11.6 Å². The maximum atomic E-state index is 13.0. The van der Waals surface area contributed by atoms with Gasteiger partial charge in [0.25, 0.3) is 5.91 Å². The van der Waals surface area contributed by atoms with E-state index in [9.17, 15) is 18.0 Å². The summed E-state index contributed by atoms with van der Waals surface area (Å²) < 4.78 is 38.5. The predicted molar refractivity (Wildman–Crippen MR) is 120 cm³/mol. The Balaban J connectivity index is 1.52. The van der Waals surface area contributed by atoms with Crippen LogP contribution < -0.4 is 10.7 Å². The molecule has 1 aliphatic heterocycles. The van der Waals surface area contributed by atoms with Gasteiger partial charge in [0.2, 0.25) is 10.0 Å². The van der Waals surface area contributed by atoms with Crippen molar-refractivity contribution in [3.8, 4) is 0 Å². The van der Waals surface area contributed by atoms with Gasteiger partial charge in [-0.25, -0.2) is 8.42 Å². The molecule has 1 saturated heterocycles. The lowest BCUT2D eigenvalue weighted by molar-refractivity contribution is -0.0440. The highest BCUT2D eigenvalue weighted by atomic mass is 32.2. The maximum absolute atomic E-state index is 13.0. The van der Waals surface area contributed by atoms with Gasteiger partial charge < -0.3 is 14.5 Å². The standard InChI is InChI=1S/C23H24N2O6S/c1-14-4-9-21-19(10-14)20(26)11-22(31-21)23(27)24-17-5-7-18(8-6-17)32(28,29)25-12-15(2)30-16(3)13-25/h4-11,15-16H,12-13H2,1-3H3,(H,24,27). The van der Waals surface area contributed by atoms with E-state index >= 15 is 0 Å². The van der Waals surface area contributed by atoms with Crippen LogP contribution in [0.1, 0.15) is 30.0 Å². The molecule has 0 radical (unpaired) electrons. The van der Waals surface area contributed by atoms with Gasteiger partial charge in [-0.2, -0.15) is 4.31 Å². The van der Waals surface area contributed by atoms with Gasteiger partial charge in [0, 0.05) is 24.8 Å². The summed E-state index contributed by atoms with van der Waals surface area (Å²) in [6.45, 7) is 6.10. The number of sulfonamides is 1. The second-order valence-electron chi connectivity index (χ2n) is 8.03. The van der Waals surface area contributed by atoms with Gasteiger partial charge in [-0.05, 0) is 57.2 Å². The Morgan fingerprint density at radius 3 is 2.34 bits per heavy atom. The lowest BCUT2D eigenvalue weighted by Gasteiger charge is -2.34. The minimum Gasteiger partial charge on any atom is -0.451 e. The van der Waals surface area contributed by atoms with Crippen molar-refractivity contribution >= 4 is 32.6 Å². The minimum absolute atomic E-state index is 0.126. The second-order valence-corrected chi connectivity index (χ2v) is 9.97. The van der Waals surface area contributed by atoms with Crippen LogP contribution in [-0.4, -0.2) is 43.9 Å². The van der Waals surface area contributed by atoms with Crippen molar-refractivity contribution in [2.24, 2.45) is 0 Å². The van der Waals surface area contributed by atoms with Gasteiger partial charge in [-0.15, -0.1) is 0 Å². The molecule has 1 aliphatic rings. The van der Waals surface area contributed by atoms with E-state index in [0.29, 0.717) is 16.7 Å². The summed E-state index contributed by atoms with van der Waals surface area (Å²) in [5, 5.41) is 3.04. The van der Waals surface area contributed by atoms with E-state index in [1.54, 1.807) is 18.2 Å². The molecule has 2 aromatic carbocycles. The Labute approximate surface area is 185 Å². The summed E-state index contributed by atoms with van der Waals surface area (Å²) in [5.41, 5.74) is 1.31. The number of benzene rings is 2. The van der Waals surface area contributed by atoms with Crippen LogP contribution in [0.5, 0.6) is 0 Å². The summed E-state index contributed by atoms with van der Waals surface area (Å²) >= 11 is 0. The van der Waals surface area contributed by atoms with Gasteiger partial charge in [-0.1, -0.05) is 11.6 Å². The zero-order valence-corrected chi connectivity index (χ0v) is 18.8. The molecule has 8 nitrogen and oxygen atoms in total. The summed E-state index contributed by atoms with van der Waals surface area (Å²) in [5.74, 6) is -0.727. The molecular formula is C23H24N2O6S. The molecule has 1 fully saturated rings. The first-order valence-corrected chi connectivity index (χ1v) is 11.7. The average Bonchev–Trinajstić information content (AvgIpc) is 2.74. The van der Waals surface area contributed by atoms with Gasteiger partial charge in [0.1, 0.15) is 5.58 Å². The number of nitrogens with zero attached hydrogens (tertiary/aromatic N) is 1. The van der Waals surface area contributed by atoms with Crippen molar-refractivity contribution in [2.75, 3.05) is 18.4 Å². The summed E-state index contributed by atoms with van der Waals surface area (Å²) in [6, 6.07) is 12.2. The fourth-order valence-corrected chi connectivity index (χ4v) is 5.35. The number of morpholine rings is 1. The third-order valence-electron chi connectivity index (χ3n) is 5.24. The molecule has 32 heavy (non-hydrogen) atoms. The highest BCUT2D eigenvalue weighted by Gasteiger charge is 2.32. The number of hydrogen-bond acceptors (Lipinski definition) is 6. The van der Waals surface area contributed by atoms with E-state index in [4.69, 9.17) is 9.15 Å². The molecular weight excluding hydrogens is 432 g/mol. The van der Waals surface area contributed by atoms with Crippen LogP contribution in [0.4, 0.5) is 5.69 Å². The van der Waals surface area contributed by atoms with Gasteiger partial charge in [-0.3, -0.25) is 9.59 Å². The fourth-order valence-electron chi connectivity index (χ4n) is 3.76. The molecule has 1 amide bonds. The molecule has 4 rings (SSSR count). The number of fused-ring (bicyclic) bond motifs is 1. The monoisotopic (exact) mass is 456 g/mol. The Bertz CT molecular complexity index is 1320. The summed E-state index contributed by atoms with van der Waals surface area (Å²) in [7, 11) is -3.68. The van der Waals surface area contributed by atoms with E-state index < -0.39 is 15.9 Å². The number of rotatable bonds is 4. The van der Waals surface area contributed by atoms with E-state index in [1.807, 2.05) is 20.8 Å². The zero-order valence-electron chi connectivity index (χ0n) is 18.0. The van der Waals surface area contributed by atoms with Crippen LogP contribution >= 0.6 is 0 Å². The van der Waals surface area contributed by atoms with Crippen molar-refractivity contribution in [1.29, 1.82) is 0 Å². The van der Waals surface area contributed by atoms with Gasteiger partial charge in [0.05, 0.1) is 22.5 Å². The Hall–Kier alpha value is -3.01. The Morgan fingerprint density at radius 2 is 1.69 bits per heavy atom. The number of amides is 1. The Morgan fingerprint density at radius 1 is 1.03 bits per heavy atom. The SMILES string of the molecule is Cc1ccc2oc(C(=O)Nc3ccc(S(=O)(=O)N4CC(C)OC(C)C4)cc3)cc(=O)c2c1. The largest absolute Gasteiger partial charge is 0.451 e. The quantitative estimate of drug-likeness (QED) is 0.647. The maximum Gasteiger partial charge on any atom is 0.291 e. The highest BCUT2D eigenvalue weighted by Crippen LogP contribution is 2.23. The molecule has 2 atom stereocenters. The number of nitrogens with one attached hydrogen (secondary N) is 1. The lowest BCUT2D eigenvalue weighted by atomic mass is 10.1. The first kappa shape index (κ1) is 22.2. The molecule has 0 spiro atoms. The number of carbonyl (C=O) groups is 1. The topological polar surface area (TPSA) is 106 Å². The predicted octanol–water partition coefficient (Wildman–Crippen LogP) is 3.15. The molecule has 0 saturated carbocycles. The van der Waals surface area contributed by atoms with Crippen LogP contribution in [0.15, 0.2) is 62.6 Å². The van der Waals surface area contributed by atoms with Crippen LogP contribution in [0.3, 0.4) is 0 Å². The molecule has 2 unspecified atom stereocenters. The van der Waals surface area contributed by atoms with Crippen LogP contribution in [0.2, 0.25) is 0 Å². The number of anilines is 1. The van der Waals surface area contributed by atoms with Crippen molar-refractivity contribution in [3.05, 3.63) is 70.1 Å². The van der Waals surface area contributed by atoms with E-state index in [1.165, 1.54) is 28.6 Å². The molecule has 168 valence electrons. The fraction of sp³-hybridized carbons (Fsp3) is 0.304. The third kappa shape index (κ3) is 4.45. The highest BCUT2D eigenvalue weighted by molar-refractivity contribution is 7.89. The zero-order chi connectivity index (χ0) is 23.0. The van der Waals surface area contributed by atoms with Crippen molar-refractivity contribution in [2.45, 2.75) is 37.9 Å². The molecule has 1 N–H and O–H groups in total. The molecule has 1 aromatic heterocycles. The number of aryl methyl sites for hydroxylation is 1. The average molecular weight is 457 g/mol.